The Morgan fingerprint density at radius 3 is 2.44 bits per heavy atom. The van der Waals surface area contributed by atoms with Crippen molar-refractivity contribution in [1.29, 1.82) is 0 Å². The summed E-state index contributed by atoms with van der Waals surface area (Å²) in [4.78, 5) is 21.7. The van der Waals surface area contributed by atoms with Crippen molar-refractivity contribution in [2.24, 2.45) is 5.92 Å². The van der Waals surface area contributed by atoms with Gasteiger partial charge in [0.2, 0.25) is 5.91 Å². The molecule has 4 nitrogen and oxygen atoms in total. The van der Waals surface area contributed by atoms with Gasteiger partial charge in [-0.15, -0.1) is 0 Å². The summed E-state index contributed by atoms with van der Waals surface area (Å²) >= 11 is 0. The molecular formula is C12H15NO3. The molecule has 0 aliphatic heterocycles. The molecule has 2 N–H and O–H groups in total. The molecule has 0 heterocycles. The fourth-order valence-electron chi connectivity index (χ4n) is 1.41. The van der Waals surface area contributed by atoms with Crippen molar-refractivity contribution in [3.63, 3.8) is 0 Å². The number of rotatable bonds is 5. The van der Waals surface area contributed by atoms with E-state index in [9.17, 15) is 9.59 Å². The molecule has 1 aromatic rings. The number of carboxylic acids is 1. The first kappa shape index (κ1) is 12.2. The quantitative estimate of drug-likeness (QED) is 0.781. The van der Waals surface area contributed by atoms with E-state index in [1.165, 1.54) is 6.92 Å². The third kappa shape index (κ3) is 4.13. The molecule has 0 saturated carbocycles. The van der Waals surface area contributed by atoms with E-state index in [2.05, 4.69) is 5.32 Å². The Labute approximate surface area is 94.3 Å². The molecule has 0 aromatic heterocycles. The SMILES string of the molecule is CC(=O)NCC(Cc1ccccc1)C(=O)O. The smallest absolute Gasteiger partial charge is 0.308 e. The van der Waals surface area contributed by atoms with Crippen LogP contribution in [0.2, 0.25) is 0 Å². The van der Waals surface area contributed by atoms with Crippen molar-refractivity contribution in [3.8, 4) is 0 Å². The van der Waals surface area contributed by atoms with Crippen LogP contribution < -0.4 is 5.32 Å². The first-order chi connectivity index (χ1) is 7.59. The second kappa shape index (κ2) is 5.90. The zero-order chi connectivity index (χ0) is 12.0. The second-order valence-electron chi connectivity index (χ2n) is 3.66. The molecule has 86 valence electrons. The van der Waals surface area contributed by atoms with Crippen molar-refractivity contribution in [3.05, 3.63) is 35.9 Å². The van der Waals surface area contributed by atoms with E-state index in [0.717, 1.165) is 5.56 Å². The van der Waals surface area contributed by atoms with Gasteiger partial charge in [0, 0.05) is 13.5 Å². The van der Waals surface area contributed by atoms with Crippen LogP contribution in [0.15, 0.2) is 30.3 Å². The summed E-state index contributed by atoms with van der Waals surface area (Å²) in [5, 5.41) is 11.5. The molecule has 0 aliphatic carbocycles. The molecule has 0 bridgehead atoms. The minimum absolute atomic E-state index is 0.166. The van der Waals surface area contributed by atoms with Crippen LogP contribution in [0.3, 0.4) is 0 Å². The zero-order valence-electron chi connectivity index (χ0n) is 9.14. The van der Waals surface area contributed by atoms with Crippen molar-refractivity contribution in [1.82, 2.24) is 5.32 Å². The summed E-state index contributed by atoms with van der Waals surface area (Å²) in [7, 11) is 0. The predicted octanol–water partition coefficient (Wildman–Crippen LogP) is 1.07. The van der Waals surface area contributed by atoms with E-state index in [-0.39, 0.29) is 12.5 Å². The van der Waals surface area contributed by atoms with Crippen LogP contribution in [-0.2, 0) is 16.0 Å². The highest BCUT2D eigenvalue weighted by atomic mass is 16.4. The van der Waals surface area contributed by atoms with E-state index in [0.29, 0.717) is 6.42 Å². The Bertz CT molecular complexity index is 362. The normalized spacial score (nSPS) is 11.8. The molecule has 4 heteroatoms. The van der Waals surface area contributed by atoms with Gasteiger partial charge in [0.1, 0.15) is 0 Å². The molecule has 0 fully saturated rings. The maximum absolute atomic E-state index is 11.0. The third-order valence-electron chi connectivity index (χ3n) is 2.27. The lowest BCUT2D eigenvalue weighted by Gasteiger charge is -2.12. The molecule has 16 heavy (non-hydrogen) atoms. The summed E-state index contributed by atoms with van der Waals surface area (Å²) in [6.45, 7) is 1.54. The predicted molar refractivity (Wildman–Crippen MR) is 60.0 cm³/mol. The van der Waals surface area contributed by atoms with Crippen molar-refractivity contribution >= 4 is 11.9 Å². The number of carbonyl (C=O) groups excluding carboxylic acids is 1. The lowest BCUT2D eigenvalue weighted by molar-refractivity contribution is -0.141. The number of amides is 1. The standard InChI is InChI=1S/C12H15NO3/c1-9(14)13-8-11(12(15)16)7-10-5-3-2-4-6-10/h2-6,11H,7-8H2,1H3,(H,13,14)(H,15,16). The van der Waals surface area contributed by atoms with Crippen LogP contribution in [0.4, 0.5) is 0 Å². The van der Waals surface area contributed by atoms with Gasteiger partial charge in [-0.1, -0.05) is 30.3 Å². The van der Waals surface area contributed by atoms with Crippen LogP contribution in [0.1, 0.15) is 12.5 Å². The second-order valence-corrected chi connectivity index (χ2v) is 3.66. The highest BCUT2D eigenvalue weighted by Crippen LogP contribution is 2.08. The minimum atomic E-state index is -0.891. The Kier molecular flexibility index (Phi) is 4.51. The number of nitrogens with one attached hydrogen (secondary N) is 1. The van der Waals surface area contributed by atoms with Crippen molar-refractivity contribution < 1.29 is 14.7 Å². The largest absolute Gasteiger partial charge is 0.481 e. The van der Waals surface area contributed by atoms with E-state index in [4.69, 9.17) is 5.11 Å². The van der Waals surface area contributed by atoms with Crippen LogP contribution in [0, 0.1) is 5.92 Å². The maximum Gasteiger partial charge on any atom is 0.308 e. The van der Waals surface area contributed by atoms with Gasteiger partial charge in [-0.3, -0.25) is 9.59 Å². The number of carbonyl (C=O) groups is 2. The number of carboxylic acid groups (broad SMARTS) is 1. The molecule has 0 spiro atoms. The zero-order valence-corrected chi connectivity index (χ0v) is 9.14. The van der Waals surface area contributed by atoms with Gasteiger partial charge in [-0.25, -0.2) is 0 Å². The minimum Gasteiger partial charge on any atom is -0.481 e. The third-order valence-corrected chi connectivity index (χ3v) is 2.27. The topological polar surface area (TPSA) is 66.4 Å². The Hall–Kier alpha value is -1.84. The van der Waals surface area contributed by atoms with Gasteiger partial charge in [0.15, 0.2) is 0 Å². The molecule has 0 saturated heterocycles. The summed E-state index contributed by atoms with van der Waals surface area (Å²) < 4.78 is 0. The molecule has 1 aromatic carbocycles. The van der Waals surface area contributed by atoms with Gasteiger partial charge in [0.25, 0.3) is 0 Å². The van der Waals surface area contributed by atoms with Gasteiger partial charge in [-0.05, 0) is 12.0 Å². The van der Waals surface area contributed by atoms with Gasteiger partial charge < -0.3 is 10.4 Å². The van der Waals surface area contributed by atoms with Crippen LogP contribution in [0.25, 0.3) is 0 Å². The molecule has 1 atom stereocenters. The van der Waals surface area contributed by atoms with E-state index >= 15 is 0 Å². The Morgan fingerprint density at radius 1 is 1.31 bits per heavy atom. The number of hydrogen-bond donors (Lipinski definition) is 2. The molecule has 1 rings (SSSR count). The van der Waals surface area contributed by atoms with Crippen molar-refractivity contribution in [2.45, 2.75) is 13.3 Å². The van der Waals surface area contributed by atoms with Crippen LogP contribution in [0.5, 0.6) is 0 Å². The van der Waals surface area contributed by atoms with Gasteiger partial charge in [-0.2, -0.15) is 0 Å². The lowest BCUT2D eigenvalue weighted by Crippen LogP contribution is -2.32. The number of aliphatic carboxylic acids is 1. The monoisotopic (exact) mass is 221 g/mol. The van der Waals surface area contributed by atoms with Gasteiger partial charge >= 0.3 is 5.97 Å². The van der Waals surface area contributed by atoms with Crippen LogP contribution >= 0.6 is 0 Å². The molecule has 1 unspecified atom stereocenters. The van der Waals surface area contributed by atoms with E-state index in [1.54, 1.807) is 0 Å². The maximum atomic E-state index is 11.0. The molecule has 0 radical (unpaired) electrons. The first-order valence-corrected chi connectivity index (χ1v) is 5.10. The average Bonchev–Trinajstić information content (AvgIpc) is 2.25. The highest BCUT2D eigenvalue weighted by Gasteiger charge is 2.17. The summed E-state index contributed by atoms with van der Waals surface area (Å²) in [6.07, 6.45) is 0.427. The first-order valence-electron chi connectivity index (χ1n) is 5.10. The highest BCUT2D eigenvalue weighted by molar-refractivity contribution is 5.75. The molecule has 1 amide bonds. The summed E-state index contributed by atoms with van der Waals surface area (Å²) in [5.41, 5.74) is 0.959. The number of benzene rings is 1. The van der Waals surface area contributed by atoms with E-state index < -0.39 is 11.9 Å². The molecule has 0 aliphatic rings. The fraction of sp³-hybridized carbons (Fsp3) is 0.333. The van der Waals surface area contributed by atoms with E-state index in [1.807, 2.05) is 30.3 Å². The number of hydrogen-bond acceptors (Lipinski definition) is 2. The Balaban J connectivity index is 2.58. The Morgan fingerprint density at radius 2 is 1.94 bits per heavy atom. The lowest BCUT2D eigenvalue weighted by atomic mass is 9.99. The summed E-state index contributed by atoms with van der Waals surface area (Å²) in [6, 6.07) is 9.37. The average molecular weight is 221 g/mol. The van der Waals surface area contributed by atoms with Crippen molar-refractivity contribution in [2.75, 3.05) is 6.54 Å². The van der Waals surface area contributed by atoms with Crippen LogP contribution in [-0.4, -0.2) is 23.5 Å². The van der Waals surface area contributed by atoms with Gasteiger partial charge in [0.05, 0.1) is 5.92 Å². The fourth-order valence-corrected chi connectivity index (χ4v) is 1.41. The molecular weight excluding hydrogens is 206 g/mol. The summed E-state index contributed by atoms with van der Waals surface area (Å²) in [5.74, 6) is -1.68.